The molecule has 0 aliphatic heterocycles. The number of nitrogens with one attached hydrogen (secondary N) is 1. The highest BCUT2D eigenvalue weighted by Crippen LogP contribution is 2.21. The highest BCUT2D eigenvalue weighted by molar-refractivity contribution is 5.80. The molecule has 5 heteroatoms. The SMILES string of the molecule is CC(NCCO)(C(=O)O)c1cccc(F)c1. The van der Waals surface area contributed by atoms with Crippen molar-refractivity contribution < 1.29 is 19.4 Å². The van der Waals surface area contributed by atoms with Gasteiger partial charge in [0, 0.05) is 6.54 Å². The van der Waals surface area contributed by atoms with Gasteiger partial charge in [-0.2, -0.15) is 0 Å². The second-order valence-corrected chi connectivity index (χ2v) is 3.59. The van der Waals surface area contributed by atoms with Crippen LogP contribution in [0.15, 0.2) is 24.3 Å². The summed E-state index contributed by atoms with van der Waals surface area (Å²) >= 11 is 0. The average Bonchev–Trinajstić information content (AvgIpc) is 2.25. The minimum absolute atomic E-state index is 0.124. The van der Waals surface area contributed by atoms with Gasteiger partial charge in [-0.3, -0.25) is 5.32 Å². The van der Waals surface area contributed by atoms with Crippen molar-refractivity contribution in [1.29, 1.82) is 0 Å². The first-order valence-corrected chi connectivity index (χ1v) is 4.86. The minimum Gasteiger partial charge on any atom is -0.480 e. The van der Waals surface area contributed by atoms with Crippen LogP contribution < -0.4 is 5.32 Å². The standard InChI is InChI=1S/C11H14FNO3/c1-11(10(15)16,13-5-6-14)8-3-2-4-9(12)7-8/h2-4,7,13-14H,5-6H2,1H3,(H,15,16). The second kappa shape index (κ2) is 5.05. The van der Waals surface area contributed by atoms with Gasteiger partial charge in [-0.25, -0.2) is 9.18 Å². The summed E-state index contributed by atoms with van der Waals surface area (Å²) in [7, 11) is 0. The van der Waals surface area contributed by atoms with Crippen molar-refractivity contribution in [2.75, 3.05) is 13.2 Å². The normalized spacial score (nSPS) is 14.4. The fourth-order valence-corrected chi connectivity index (χ4v) is 1.41. The largest absolute Gasteiger partial charge is 0.480 e. The van der Waals surface area contributed by atoms with E-state index in [1.807, 2.05) is 0 Å². The molecule has 1 aromatic rings. The number of carboxylic acids is 1. The highest BCUT2D eigenvalue weighted by atomic mass is 19.1. The average molecular weight is 227 g/mol. The number of hydrogen-bond donors (Lipinski definition) is 3. The maximum atomic E-state index is 13.0. The summed E-state index contributed by atoms with van der Waals surface area (Å²) in [5.41, 5.74) is -1.08. The number of halogens is 1. The van der Waals surface area contributed by atoms with E-state index >= 15 is 0 Å². The lowest BCUT2D eigenvalue weighted by Crippen LogP contribution is -2.47. The lowest BCUT2D eigenvalue weighted by molar-refractivity contribution is -0.144. The van der Waals surface area contributed by atoms with E-state index < -0.39 is 17.3 Å². The molecule has 1 rings (SSSR count). The molecule has 0 bridgehead atoms. The zero-order chi connectivity index (χ0) is 12.2. The number of aliphatic carboxylic acids is 1. The van der Waals surface area contributed by atoms with Crippen LogP contribution in [0, 0.1) is 5.82 Å². The molecule has 0 aliphatic rings. The van der Waals surface area contributed by atoms with Crippen LogP contribution in [0.3, 0.4) is 0 Å². The number of aliphatic hydroxyl groups is 1. The molecule has 1 atom stereocenters. The number of carboxylic acid groups (broad SMARTS) is 1. The molecular formula is C11H14FNO3. The predicted molar refractivity (Wildman–Crippen MR) is 56.5 cm³/mol. The summed E-state index contributed by atoms with van der Waals surface area (Å²) in [4.78, 5) is 11.2. The van der Waals surface area contributed by atoms with Crippen molar-refractivity contribution in [3.8, 4) is 0 Å². The summed E-state index contributed by atoms with van der Waals surface area (Å²) in [6.07, 6.45) is 0. The van der Waals surface area contributed by atoms with Crippen LogP contribution in [0.25, 0.3) is 0 Å². The zero-order valence-corrected chi connectivity index (χ0v) is 8.90. The third-order valence-corrected chi connectivity index (χ3v) is 2.42. The van der Waals surface area contributed by atoms with Crippen LogP contribution in [-0.2, 0) is 10.3 Å². The van der Waals surface area contributed by atoms with Gasteiger partial charge in [-0.15, -0.1) is 0 Å². The molecule has 0 amide bonds. The van der Waals surface area contributed by atoms with E-state index in [1.165, 1.54) is 31.2 Å². The molecule has 0 fully saturated rings. The van der Waals surface area contributed by atoms with Gasteiger partial charge in [0.05, 0.1) is 6.61 Å². The maximum Gasteiger partial charge on any atom is 0.328 e. The van der Waals surface area contributed by atoms with Crippen LogP contribution >= 0.6 is 0 Å². The van der Waals surface area contributed by atoms with Crippen molar-refractivity contribution in [2.24, 2.45) is 0 Å². The van der Waals surface area contributed by atoms with Gasteiger partial charge in [-0.1, -0.05) is 12.1 Å². The number of carbonyl (C=O) groups is 1. The monoisotopic (exact) mass is 227 g/mol. The Morgan fingerprint density at radius 2 is 2.25 bits per heavy atom. The van der Waals surface area contributed by atoms with Crippen molar-refractivity contribution in [1.82, 2.24) is 5.32 Å². The summed E-state index contributed by atoms with van der Waals surface area (Å²) in [5.74, 6) is -1.61. The Morgan fingerprint density at radius 1 is 1.56 bits per heavy atom. The van der Waals surface area contributed by atoms with Crippen molar-refractivity contribution in [2.45, 2.75) is 12.5 Å². The summed E-state index contributed by atoms with van der Waals surface area (Å²) < 4.78 is 13.0. The fourth-order valence-electron chi connectivity index (χ4n) is 1.41. The smallest absolute Gasteiger partial charge is 0.328 e. The number of aliphatic hydroxyl groups excluding tert-OH is 1. The van der Waals surface area contributed by atoms with E-state index in [0.29, 0.717) is 5.56 Å². The van der Waals surface area contributed by atoms with Crippen LogP contribution in [0.2, 0.25) is 0 Å². The molecule has 1 aromatic carbocycles. The van der Waals surface area contributed by atoms with Gasteiger partial charge in [-0.05, 0) is 24.6 Å². The molecule has 0 heterocycles. The van der Waals surface area contributed by atoms with E-state index in [0.717, 1.165) is 0 Å². The van der Waals surface area contributed by atoms with Crippen LogP contribution in [0.5, 0.6) is 0 Å². The minimum atomic E-state index is -1.40. The molecule has 4 nitrogen and oxygen atoms in total. The molecule has 1 unspecified atom stereocenters. The lowest BCUT2D eigenvalue weighted by Gasteiger charge is -2.26. The topological polar surface area (TPSA) is 69.6 Å². The van der Waals surface area contributed by atoms with Crippen molar-refractivity contribution >= 4 is 5.97 Å². The lowest BCUT2D eigenvalue weighted by atomic mass is 9.92. The van der Waals surface area contributed by atoms with Crippen LogP contribution in [-0.4, -0.2) is 29.3 Å². The van der Waals surface area contributed by atoms with E-state index in [-0.39, 0.29) is 13.2 Å². The summed E-state index contributed by atoms with van der Waals surface area (Å²) in [6.45, 7) is 1.37. The molecule has 0 saturated carbocycles. The number of rotatable bonds is 5. The summed E-state index contributed by atoms with van der Waals surface area (Å²) in [5, 5.41) is 20.5. The van der Waals surface area contributed by atoms with E-state index in [1.54, 1.807) is 0 Å². The third kappa shape index (κ3) is 2.56. The Morgan fingerprint density at radius 3 is 2.75 bits per heavy atom. The Labute approximate surface area is 92.7 Å². The second-order valence-electron chi connectivity index (χ2n) is 3.59. The van der Waals surface area contributed by atoms with Gasteiger partial charge in [0.1, 0.15) is 11.4 Å². The van der Waals surface area contributed by atoms with Crippen LogP contribution in [0.4, 0.5) is 4.39 Å². The molecule has 0 spiro atoms. The van der Waals surface area contributed by atoms with E-state index in [2.05, 4.69) is 5.32 Å². The van der Waals surface area contributed by atoms with E-state index in [9.17, 15) is 9.18 Å². The quantitative estimate of drug-likeness (QED) is 0.692. The van der Waals surface area contributed by atoms with Crippen LogP contribution in [0.1, 0.15) is 12.5 Å². The van der Waals surface area contributed by atoms with Gasteiger partial charge in [0.25, 0.3) is 0 Å². The van der Waals surface area contributed by atoms with Gasteiger partial charge >= 0.3 is 5.97 Å². The van der Waals surface area contributed by atoms with Crippen molar-refractivity contribution in [3.63, 3.8) is 0 Å². The first kappa shape index (κ1) is 12.6. The first-order chi connectivity index (χ1) is 7.50. The highest BCUT2D eigenvalue weighted by Gasteiger charge is 2.34. The summed E-state index contributed by atoms with van der Waals surface area (Å²) in [6, 6.07) is 5.39. The third-order valence-electron chi connectivity index (χ3n) is 2.42. The molecule has 88 valence electrons. The Hall–Kier alpha value is -1.46. The van der Waals surface area contributed by atoms with Gasteiger partial charge in [0.2, 0.25) is 0 Å². The molecular weight excluding hydrogens is 213 g/mol. The maximum absolute atomic E-state index is 13.0. The number of benzene rings is 1. The first-order valence-electron chi connectivity index (χ1n) is 4.86. The number of hydrogen-bond acceptors (Lipinski definition) is 3. The predicted octanol–water partition coefficient (Wildman–Crippen LogP) is 0.707. The Kier molecular flexibility index (Phi) is 3.98. The zero-order valence-electron chi connectivity index (χ0n) is 8.90. The molecule has 0 radical (unpaired) electrons. The molecule has 0 aliphatic carbocycles. The van der Waals surface area contributed by atoms with E-state index in [4.69, 9.17) is 10.2 Å². The van der Waals surface area contributed by atoms with Gasteiger partial charge in [0.15, 0.2) is 0 Å². The molecule has 3 N–H and O–H groups in total. The molecule has 16 heavy (non-hydrogen) atoms. The Balaban J connectivity index is 3.06. The Bertz CT molecular complexity index is 383. The van der Waals surface area contributed by atoms with Crippen molar-refractivity contribution in [3.05, 3.63) is 35.6 Å². The molecule has 0 saturated heterocycles. The molecule has 0 aromatic heterocycles. The fraction of sp³-hybridized carbons (Fsp3) is 0.364. The van der Waals surface area contributed by atoms with Gasteiger partial charge < -0.3 is 10.2 Å².